The highest BCUT2D eigenvalue weighted by Crippen LogP contribution is 2.39. The molecule has 3 aromatic rings. The van der Waals surface area contributed by atoms with E-state index in [-0.39, 0.29) is 31.0 Å². The van der Waals surface area contributed by atoms with E-state index in [2.05, 4.69) is 24.9 Å². The smallest absolute Gasteiger partial charge is 0.243 e. The summed E-state index contributed by atoms with van der Waals surface area (Å²) in [6.45, 7) is 0.973. The third kappa shape index (κ3) is 5.46. The summed E-state index contributed by atoms with van der Waals surface area (Å²) in [6, 6.07) is 5.24. The molecule has 13 nitrogen and oxygen atoms in total. The number of para-hydroxylation sites is 1. The lowest BCUT2D eigenvalue weighted by atomic mass is 10.1. The third-order valence-corrected chi connectivity index (χ3v) is 8.49. The van der Waals surface area contributed by atoms with Crippen LogP contribution in [-0.4, -0.2) is 85.5 Å². The Morgan fingerprint density at radius 1 is 1.08 bits per heavy atom. The van der Waals surface area contributed by atoms with Gasteiger partial charge in [0.2, 0.25) is 21.9 Å². The summed E-state index contributed by atoms with van der Waals surface area (Å²) in [5, 5.41) is 7.60. The Labute approximate surface area is 225 Å². The molecule has 1 unspecified atom stereocenters. The molecule has 0 bridgehead atoms. The second-order valence-electron chi connectivity index (χ2n) is 9.20. The summed E-state index contributed by atoms with van der Waals surface area (Å²) >= 11 is 0. The van der Waals surface area contributed by atoms with Gasteiger partial charge >= 0.3 is 0 Å². The van der Waals surface area contributed by atoms with Gasteiger partial charge in [-0.2, -0.15) is 0 Å². The Kier molecular flexibility index (Phi) is 7.81. The van der Waals surface area contributed by atoms with Gasteiger partial charge in [0, 0.05) is 26.8 Å². The van der Waals surface area contributed by atoms with Gasteiger partial charge in [-0.05, 0) is 31.4 Å². The number of methoxy groups -OCH3 is 3. The van der Waals surface area contributed by atoms with Crippen LogP contribution in [0.25, 0.3) is 5.69 Å². The number of hydrogen-bond donors (Lipinski definition) is 1. The van der Waals surface area contributed by atoms with Gasteiger partial charge in [-0.1, -0.05) is 6.07 Å². The second-order valence-corrected chi connectivity index (χ2v) is 11.2. The number of aromatic nitrogens is 5. The van der Waals surface area contributed by atoms with Gasteiger partial charge in [-0.25, -0.2) is 22.8 Å². The number of benzene rings is 1. The molecule has 39 heavy (non-hydrogen) atoms. The van der Waals surface area contributed by atoms with Crippen molar-refractivity contribution in [3.63, 3.8) is 0 Å². The number of ether oxygens (including phenoxy) is 4. The first-order valence-electron chi connectivity index (χ1n) is 12.4. The maximum absolute atomic E-state index is 13.8. The van der Waals surface area contributed by atoms with Crippen LogP contribution in [0, 0.1) is 5.82 Å². The van der Waals surface area contributed by atoms with Gasteiger partial charge in [0.1, 0.15) is 28.5 Å². The van der Waals surface area contributed by atoms with Crippen molar-refractivity contribution in [3.8, 4) is 17.2 Å². The summed E-state index contributed by atoms with van der Waals surface area (Å²) < 4.78 is 67.8. The van der Waals surface area contributed by atoms with Crippen molar-refractivity contribution >= 4 is 21.9 Å². The van der Waals surface area contributed by atoms with Gasteiger partial charge in [0.25, 0.3) is 0 Å². The minimum Gasteiger partial charge on any atom is -0.494 e. The average Bonchev–Trinajstić information content (AvgIpc) is 3.62. The lowest BCUT2D eigenvalue weighted by molar-refractivity contribution is 0.0898. The SMILES string of the molecule is COc1cccc(OC)c1-n1c(NS(=O)(=O)[C@@H]2C[C@@H](OC)CN(c3ncc(F)cn3)C2)nnc1C1CCCO1. The van der Waals surface area contributed by atoms with E-state index in [9.17, 15) is 12.8 Å². The monoisotopic (exact) mass is 563 g/mol. The fourth-order valence-electron chi connectivity index (χ4n) is 4.87. The largest absolute Gasteiger partial charge is 0.494 e. The summed E-state index contributed by atoms with van der Waals surface area (Å²) in [4.78, 5) is 9.68. The van der Waals surface area contributed by atoms with Crippen molar-refractivity contribution in [1.29, 1.82) is 0 Å². The number of anilines is 2. The zero-order valence-corrected chi connectivity index (χ0v) is 22.6. The first-order valence-corrected chi connectivity index (χ1v) is 13.9. The molecule has 2 fully saturated rings. The van der Waals surface area contributed by atoms with Crippen molar-refractivity contribution in [2.45, 2.75) is 36.7 Å². The minimum atomic E-state index is -4.06. The standard InChI is InChI=1S/C24H30FN7O6S/c1-35-16-10-17(14-31(13-16)23-26-11-15(25)12-27-23)39(33,34)30-24-29-28-22(20-8-5-9-38-20)32(24)21-18(36-2)6-4-7-19(21)37-3/h4,6-7,11-12,16-17,20H,5,8-10,13-14H2,1-3H3,(H,29,30)/t16-,17-,20?/m1/s1. The molecule has 4 heterocycles. The molecule has 0 saturated carbocycles. The number of hydrogen-bond acceptors (Lipinski definition) is 11. The maximum Gasteiger partial charge on any atom is 0.243 e. The maximum atomic E-state index is 13.8. The van der Waals surface area contributed by atoms with E-state index < -0.39 is 27.2 Å². The van der Waals surface area contributed by atoms with E-state index in [1.165, 1.54) is 21.3 Å². The molecule has 0 amide bonds. The predicted molar refractivity (Wildman–Crippen MR) is 138 cm³/mol. The van der Waals surface area contributed by atoms with E-state index in [0.29, 0.717) is 42.6 Å². The number of rotatable bonds is 9. The lowest BCUT2D eigenvalue weighted by Crippen LogP contribution is -2.51. The Hall–Kier alpha value is -3.56. The number of piperidine rings is 1. The van der Waals surface area contributed by atoms with Crippen LogP contribution < -0.4 is 19.1 Å². The molecule has 1 aromatic carbocycles. The second kappa shape index (κ2) is 11.3. The Bertz CT molecular complexity index is 1380. The zero-order chi connectivity index (χ0) is 27.6. The molecular formula is C24H30FN7O6S. The lowest BCUT2D eigenvalue weighted by Gasteiger charge is -2.36. The molecule has 2 saturated heterocycles. The Morgan fingerprint density at radius 3 is 2.41 bits per heavy atom. The number of halogens is 1. The average molecular weight is 564 g/mol. The van der Waals surface area contributed by atoms with Crippen LogP contribution in [0.4, 0.5) is 16.3 Å². The van der Waals surface area contributed by atoms with Gasteiger partial charge in [-0.15, -0.1) is 10.2 Å². The molecule has 1 N–H and O–H groups in total. The molecule has 2 aliphatic rings. The molecular weight excluding hydrogens is 533 g/mol. The van der Waals surface area contributed by atoms with Crippen molar-refractivity contribution in [3.05, 3.63) is 42.2 Å². The van der Waals surface area contributed by atoms with Gasteiger partial charge in [0.15, 0.2) is 11.6 Å². The van der Waals surface area contributed by atoms with E-state index in [0.717, 1.165) is 18.8 Å². The fraction of sp³-hybridized carbons (Fsp3) is 0.500. The molecule has 2 aromatic heterocycles. The minimum absolute atomic E-state index is 0.0348. The van der Waals surface area contributed by atoms with Crippen LogP contribution >= 0.6 is 0 Å². The Balaban J connectivity index is 1.52. The summed E-state index contributed by atoms with van der Waals surface area (Å²) in [5.74, 6) is 0.885. The highest BCUT2D eigenvalue weighted by Gasteiger charge is 2.38. The van der Waals surface area contributed by atoms with E-state index in [4.69, 9.17) is 18.9 Å². The topological polar surface area (TPSA) is 143 Å². The van der Waals surface area contributed by atoms with Crippen LogP contribution in [-0.2, 0) is 19.5 Å². The first-order chi connectivity index (χ1) is 18.8. The van der Waals surface area contributed by atoms with Crippen LogP contribution in [0.2, 0.25) is 0 Å². The summed E-state index contributed by atoms with van der Waals surface area (Å²) in [5.41, 5.74) is 0.440. The van der Waals surface area contributed by atoms with Crippen LogP contribution in [0.5, 0.6) is 11.5 Å². The van der Waals surface area contributed by atoms with Crippen LogP contribution in [0.1, 0.15) is 31.2 Å². The molecule has 5 rings (SSSR count). The van der Waals surface area contributed by atoms with Crippen molar-refractivity contribution in [2.24, 2.45) is 0 Å². The summed E-state index contributed by atoms with van der Waals surface area (Å²) in [7, 11) is 0.476. The fourth-order valence-corrected chi connectivity index (χ4v) is 6.27. The van der Waals surface area contributed by atoms with Crippen molar-refractivity contribution in [2.75, 3.05) is 50.6 Å². The van der Waals surface area contributed by atoms with Crippen molar-refractivity contribution < 1.29 is 31.8 Å². The van der Waals surface area contributed by atoms with Crippen molar-refractivity contribution in [1.82, 2.24) is 24.7 Å². The van der Waals surface area contributed by atoms with Crippen LogP contribution in [0.3, 0.4) is 0 Å². The third-order valence-electron chi connectivity index (χ3n) is 6.80. The molecule has 0 spiro atoms. The Morgan fingerprint density at radius 2 is 1.79 bits per heavy atom. The normalized spacial score (nSPS) is 21.6. The quantitative estimate of drug-likeness (QED) is 0.409. The zero-order valence-electron chi connectivity index (χ0n) is 21.8. The van der Waals surface area contributed by atoms with Gasteiger partial charge < -0.3 is 23.8 Å². The highest BCUT2D eigenvalue weighted by atomic mass is 32.2. The summed E-state index contributed by atoms with van der Waals surface area (Å²) in [6.07, 6.45) is 3.02. The molecule has 0 radical (unpaired) electrons. The predicted octanol–water partition coefficient (Wildman–Crippen LogP) is 2.10. The van der Waals surface area contributed by atoms with E-state index >= 15 is 0 Å². The molecule has 210 valence electrons. The van der Waals surface area contributed by atoms with Crippen LogP contribution in [0.15, 0.2) is 30.6 Å². The highest BCUT2D eigenvalue weighted by molar-refractivity contribution is 7.93. The molecule has 3 atom stereocenters. The van der Waals surface area contributed by atoms with E-state index in [1.807, 2.05) is 0 Å². The van der Waals surface area contributed by atoms with E-state index in [1.54, 1.807) is 27.7 Å². The first kappa shape index (κ1) is 27.0. The number of nitrogens with one attached hydrogen (secondary N) is 1. The molecule has 15 heteroatoms. The number of sulfonamides is 1. The van der Waals surface area contributed by atoms with Gasteiger partial charge in [-0.3, -0.25) is 9.29 Å². The molecule has 0 aliphatic carbocycles. The van der Waals surface area contributed by atoms with Gasteiger partial charge in [0.05, 0.1) is 32.7 Å². The molecule has 2 aliphatic heterocycles. The number of nitrogens with zero attached hydrogens (tertiary/aromatic N) is 6.